The van der Waals surface area contributed by atoms with Gasteiger partial charge in [-0.3, -0.25) is 4.79 Å². The van der Waals surface area contributed by atoms with Crippen LogP contribution in [-0.2, 0) is 14.3 Å². The van der Waals surface area contributed by atoms with E-state index < -0.39 is 5.97 Å². The topological polar surface area (TPSA) is 73.9 Å². The van der Waals surface area contributed by atoms with E-state index in [1.54, 1.807) is 31.4 Å². The predicted molar refractivity (Wildman–Crippen MR) is 103 cm³/mol. The third-order valence-electron chi connectivity index (χ3n) is 3.86. The van der Waals surface area contributed by atoms with Crippen molar-refractivity contribution in [1.82, 2.24) is 5.32 Å². The Kier molecular flexibility index (Phi) is 7.43. The van der Waals surface area contributed by atoms with Crippen molar-refractivity contribution in [1.29, 1.82) is 0 Å². The van der Waals surface area contributed by atoms with Gasteiger partial charge in [0.25, 0.3) is 5.91 Å². The Labute approximate surface area is 158 Å². The van der Waals surface area contributed by atoms with Gasteiger partial charge in [0.1, 0.15) is 11.5 Å². The molecule has 1 amide bonds. The van der Waals surface area contributed by atoms with Gasteiger partial charge in [0.2, 0.25) is 0 Å². The fourth-order valence-electron chi connectivity index (χ4n) is 2.41. The fourth-order valence-corrected chi connectivity index (χ4v) is 2.41. The molecule has 0 saturated heterocycles. The summed E-state index contributed by atoms with van der Waals surface area (Å²) in [6.07, 6.45) is 2.81. The van der Waals surface area contributed by atoms with Crippen LogP contribution >= 0.6 is 0 Å². The third kappa shape index (κ3) is 6.18. The van der Waals surface area contributed by atoms with Crippen molar-refractivity contribution in [3.63, 3.8) is 0 Å². The summed E-state index contributed by atoms with van der Waals surface area (Å²) in [5.41, 5.74) is 1.67. The molecule has 1 atom stereocenters. The van der Waals surface area contributed by atoms with Gasteiger partial charge in [0.15, 0.2) is 6.61 Å². The number of esters is 1. The van der Waals surface area contributed by atoms with Crippen molar-refractivity contribution in [2.45, 2.75) is 13.0 Å². The number of hydrogen-bond donors (Lipinski definition) is 1. The summed E-state index contributed by atoms with van der Waals surface area (Å²) >= 11 is 0. The fraction of sp³-hybridized carbons (Fsp3) is 0.238. The maximum Gasteiger partial charge on any atom is 0.331 e. The summed E-state index contributed by atoms with van der Waals surface area (Å²) in [6, 6.07) is 14.6. The summed E-state index contributed by atoms with van der Waals surface area (Å²) in [4.78, 5) is 23.8. The number of carbonyl (C=O) groups is 2. The second kappa shape index (κ2) is 10.0. The molecule has 2 aromatic carbocycles. The van der Waals surface area contributed by atoms with Crippen LogP contribution < -0.4 is 14.8 Å². The van der Waals surface area contributed by atoms with Crippen LogP contribution in [0.25, 0.3) is 6.08 Å². The first-order valence-corrected chi connectivity index (χ1v) is 8.44. The minimum Gasteiger partial charge on any atom is -0.497 e. The van der Waals surface area contributed by atoms with Gasteiger partial charge in [-0.2, -0.15) is 0 Å². The lowest BCUT2D eigenvalue weighted by Crippen LogP contribution is -2.30. The largest absolute Gasteiger partial charge is 0.497 e. The van der Waals surface area contributed by atoms with Crippen LogP contribution in [0.3, 0.4) is 0 Å². The van der Waals surface area contributed by atoms with Crippen LogP contribution in [0.2, 0.25) is 0 Å². The minimum absolute atomic E-state index is 0.170. The molecule has 142 valence electrons. The molecule has 2 rings (SSSR count). The number of hydrogen-bond acceptors (Lipinski definition) is 5. The van der Waals surface area contributed by atoms with E-state index in [1.807, 2.05) is 37.3 Å². The number of benzene rings is 2. The van der Waals surface area contributed by atoms with Crippen LogP contribution in [0, 0.1) is 0 Å². The first-order chi connectivity index (χ1) is 13.0. The second-order valence-electron chi connectivity index (χ2n) is 5.75. The molecule has 1 N–H and O–H groups in total. The molecule has 0 spiro atoms. The standard InChI is InChI=1S/C21H23NO5/c1-15(16-7-5-4-6-8-16)22-20(23)14-27-21(24)12-10-17-9-11-18(25-2)13-19(17)26-3/h4-13,15H,14H2,1-3H3,(H,22,23)/b12-10+. The van der Waals surface area contributed by atoms with E-state index >= 15 is 0 Å². The summed E-state index contributed by atoms with van der Waals surface area (Å²) in [5, 5.41) is 2.78. The second-order valence-corrected chi connectivity index (χ2v) is 5.75. The highest BCUT2D eigenvalue weighted by molar-refractivity contribution is 5.89. The molecule has 6 nitrogen and oxygen atoms in total. The van der Waals surface area contributed by atoms with E-state index in [2.05, 4.69) is 5.32 Å². The zero-order valence-electron chi connectivity index (χ0n) is 15.6. The maximum atomic E-state index is 11.9. The van der Waals surface area contributed by atoms with Crippen molar-refractivity contribution in [3.8, 4) is 11.5 Å². The van der Waals surface area contributed by atoms with Crippen LogP contribution in [-0.4, -0.2) is 32.7 Å². The quantitative estimate of drug-likeness (QED) is 0.572. The monoisotopic (exact) mass is 369 g/mol. The zero-order chi connectivity index (χ0) is 19.6. The van der Waals surface area contributed by atoms with Gasteiger partial charge in [-0.25, -0.2) is 4.79 Å². The van der Waals surface area contributed by atoms with Crippen molar-refractivity contribution in [2.75, 3.05) is 20.8 Å². The third-order valence-corrected chi connectivity index (χ3v) is 3.86. The van der Waals surface area contributed by atoms with E-state index in [1.165, 1.54) is 13.2 Å². The Bertz CT molecular complexity index is 801. The van der Waals surface area contributed by atoms with Gasteiger partial charge >= 0.3 is 5.97 Å². The molecule has 0 radical (unpaired) electrons. The van der Waals surface area contributed by atoms with E-state index in [4.69, 9.17) is 14.2 Å². The molecule has 0 fully saturated rings. The van der Waals surface area contributed by atoms with Crippen LogP contribution in [0.1, 0.15) is 24.1 Å². The molecule has 0 heterocycles. The van der Waals surface area contributed by atoms with Crippen LogP contribution in [0.5, 0.6) is 11.5 Å². The minimum atomic E-state index is -0.615. The highest BCUT2D eigenvalue weighted by Gasteiger charge is 2.11. The molecular weight excluding hydrogens is 346 g/mol. The molecule has 6 heteroatoms. The van der Waals surface area contributed by atoms with Crippen LogP contribution in [0.15, 0.2) is 54.6 Å². The van der Waals surface area contributed by atoms with Crippen molar-refractivity contribution < 1.29 is 23.8 Å². The molecule has 0 aromatic heterocycles. The smallest absolute Gasteiger partial charge is 0.331 e. The average Bonchev–Trinajstić information content (AvgIpc) is 2.71. The van der Waals surface area contributed by atoms with Gasteiger partial charge in [-0.05, 0) is 30.7 Å². The Morgan fingerprint density at radius 1 is 1.07 bits per heavy atom. The lowest BCUT2D eigenvalue weighted by atomic mass is 10.1. The van der Waals surface area contributed by atoms with Crippen molar-refractivity contribution in [3.05, 3.63) is 65.7 Å². The number of amides is 1. The molecular formula is C21H23NO5. The summed E-state index contributed by atoms with van der Waals surface area (Å²) in [6.45, 7) is 1.52. The Balaban J connectivity index is 1.85. The molecule has 0 aliphatic rings. The van der Waals surface area contributed by atoms with Gasteiger partial charge in [-0.1, -0.05) is 30.3 Å². The zero-order valence-corrected chi connectivity index (χ0v) is 15.6. The Morgan fingerprint density at radius 3 is 2.48 bits per heavy atom. The SMILES string of the molecule is COc1ccc(/C=C/C(=O)OCC(=O)NC(C)c2ccccc2)c(OC)c1. The van der Waals surface area contributed by atoms with Gasteiger partial charge in [0, 0.05) is 17.7 Å². The lowest BCUT2D eigenvalue weighted by Gasteiger charge is -2.14. The summed E-state index contributed by atoms with van der Waals surface area (Å²) in [7, 11) is 3.09. The highest BCUT2D eigenvalue weighted by Crippen LogP contribution is 2.25. The first kappa shape index (κ1) is 20.0. The summed E-state index contributed by atoms with van der Waals surface area (Å²) in [5.74, 6) is 0.231. The first-order valence-electron chi connectivity index (χ1n) is 8.44. The van der Waals surface area contributed by atoms with E-state index in [9.17, 15) is 9.59 Å². The molecule has 2 aromatic rings. The maximum absolute atomic E-state index is 11.9. The summed E-state index contributed by atoms with van der Waals surface area (Å²) < 4.78 is 15.4. The molecule has 0 aliphatic heterocycles. The Morgan fingerprint density at radius 2 is 1.81 bits per heavy atom. The van der Waals surface area contributed by atoms with E-state index in [-0.39, 0.29) is 18.6 Å². The normalized spacial score (nSPS) is 11.7. The number of nitrogens with one attached hydrogen (secondary N) is 1. The predicted octanol–water partition coefficient (Wildman–Crippen LogP) is 3.14. The highest BCUT2D eigenvalue weighted by atomic mass is 16.5. The molecule has 0 bridgehead atoms. The Hall–Kier alpha value is -3.28. The molecule has 1 unspecified atom stereocenters. The number of methoxy groups -OCH3 is 2. The number of rotatable bonds is 8. The molecule has 0 saturated carbocycles. The lowest BCUT2D eigenvalue weighted by molar-refractivity contribution is -0.144. The van der Waals surface area contributed by atoms with E-state index in [0.29, 0.717) is 17.1 Å². The molecule has 27 heavy (non-hydrogen) atoms. The van der Waals surface area contributed by atoms with Crippen LogP contribution in [0.4, 0.5) is 0 Å². The van der Waals surface area contributed by atoms with Gasteiger partial charge < -0.3 is 19.5 Å². The van der Waals surface area contributed by atoms with Crippen molar-refractivity contribution in [2.24, 2.45) is 0 Å². The molecule has 0 aliphatic carbocycles. The van der Waals surface area contributed by atoms with Crippen molar-refractivity contribution >= 4 is 18.0 Å². The number of ether oxygens (including phenoxy) is 3. The number of carbonyl (C=O) groups excluding carboxylic acids is 2. The average molecular weight is 369 g/mol. The van der Waals surface area contributed by atoms with E-state index in [0.717, 1.165) is 5.56 Å². The van der Waals surface area contributed by atoms with Gasteiger partial charge in [-0.15, -0.1) is 0 Å². The van der Waals surface area contributed by atoms with Gasteiger partial charge in [0.05, 0.1) is 20.3 Å².